The van der Waals surface area contributed by atoms with Gasteiger partial charge in [-0.1, -0.05) is 50.3 Å². The molecule has 0 amide bonds. The second kappa shape index (κ2) is 8.86. The van der Waals surface area contributed by atoms with Gasteiger partial charge < -0.3 is 9.30 Å². The second-order valence-corrected chi connectivity index (χ2v) is 7.83. The zero-order valence-corrected chi connectivity index (χ0v) is 19.0. The molecule has 0 radical (unpaired) electrons. The van der Waals surface area contributed by atoms with Crippen molar-refractivity contribution in [1.82, 2.24) is 18.7 Å². The average Bonchev–Trinajstić information content (AvgIpc) is 3.14. The van der Waals surface area contributed by atoms with Crippen LogP contribution in [0.2, 0.25) is 0 Å². The summed E-state index contributed by atoms with van der Waals surface area (Å²) in [5.41, 5.74) is 1.33. The van der Waals surface area contributed by atoms with Gasteiger partial charge in [-0.05, 0) is 35.9 Å². The summed E-state index contributed by atoms with van der Waals surface area (Å²) in [5.74, 6) is 1.44. The molecule has 0 aliphatic heterocycles. The second-order valence-electron chi connectivity index (χ2n) is 7.83. The van der Waals surface area contributed by atoms with Crippen molar-refractivity contribution in [2.45, 2.75) is 39.8 Å². The van der Waals surface area contributed by atoms with E-state index in [9.17, 15) is 9.59 Å². The van der Waals surface area contributed by atoms with Crippen LogP contribution >= 0.6 is 0 Å². The lowest BCUT2D eigenvalue weighted by Crippen LogP contribution is -2.40. The summed E-state index contributed by atoms with van der Waals surface area (Å²) in [7, 11) is 3.48. The maximum Gasteiger partial charge on any atom is 0.332 e. The van der Waals surface area contributed by atoms with E-state index in [1.54, 1.807) is 16.2 Å². The lowest BCUT2D eigenvalue weighted by Gasteiger charge is -2.10. The highest BCUT2D eigenvalue weighted by molar-refractivity contribution is 5.96. The fourth-order valence-electron chi connectivity index (χ4n) is 4.16. The minimum atomic E-state index is -0.291. The van der Waals surface area contributed by atoms with Gasteiger partial charge in [-0.2, -0.15) is 0 Å². The van der Waals surface area contributed by atoms with Crippen LogP contribution in [0.15, 0.2) is 46.0 Å². The molecular weight excluding hydrogens is 404 g/mol. The molecule has 0 N–H and O–H groups in total. The van der Waals surface area contributed by atoms with Crippen LogP contribution in [0.4, 0.5) is 0 Å². The van der Waals surface area contributed by atoms with Crippen LogP contribution in [-0.4, -0.2) is 25.8 Å². The van der Waals surface area contributed by atoms with E-state index < -0.39 is 0 Å². The van der Waals surface area contributed by atoms with E-state index in [0.717, 1.165) is 28.5 Å². The Labute approximate surface area is 186 Å². The van der Waals surface area contributed by atoms with Crippen molar-refractivity contribution >= 4 is 34.1 Å². The van der Waals surface area contributed by atoms with Gasteiger partial charge in [-0.3, -0.25) is 13.9 Å². The van der Waals surface area contributed by atoms with Crippen molar-refractivity contribution in [1.29, 1.82) is 0 Å². The van der Waals surface area contributed by atoms with E-state index in [-0.39, 0.29) is 11.2 Å². The molecule has 0 aliphatic rings. The Morgan fingerprint density at radius 1 is 0.938 bits per heavy atom. The standard InChI is InChI=1S/C25H28N4O3/c1-5-15-28-23-22(24(30)29(16-6-2)25(28)31)27(3)21(26-23)14-12-17-11-13-20(32-4)19-10-8-7-9-18(17)19/h7-14H,5-6,15-16H2,1-4H3. The molecule has 0 atom stereocenters. The van der Waals surface area contributed by atoms with Gasteiger partial charge in [0.25, 0.3) is 5.56 Å². The van der Waals surface area contributed by atoms with Gasteiger partial charge in [0, 0.05) is 25.5 Å². The maximum absolute atomic E-state index is 13.1. The predicted molar refractivity (Wildman–Crippen MR) is 129 cm³/mol. The number of fused-ring (bicyclic) bond motifs is 2. The van der Waals surface area contributed by atoms with Crippen LogP contribution in [-0.2, 0) is 20.1 Å². The summed E-state index contributed by atoms with van der Waals surface area (Å²) in [6.07, 6.45) is 5.36. The van der Waals surface area contributed by atoms with E-state index in [1.165, 1.54) is 4.57 Å². The highest BCUT2D eigenvalue weighted by atomic mass is 16.5. The Balaban J connectivity index is 1.89. The Kier molecular flexibility index (Phi) is 5.99. The first-order valence-electron chi connectivity index (χ1n) is 11.0. The first kappa shape index (κ1) is 21.6. The molecule has 4 rings (SSSR count). The topological polar surface area (TPSA) is 71.1 Å². The molecule has 0 saturated heterocycles. The van der Waals surface area contributed by atoms with Gasteiger partial charge in [0.2, 0.25) is 0 Å². The van der Waals surface area contributed by atoms with E-state index >= 15 is 0 Å². The maximum atomic E-state index is 13.1. The largest absolute Gasteiger partial charge is 0.496 e. The molecule has 0 aliphatic carbocycles. The summed E-state index contributed by atoms with van der Waals surface area (Å²) >= 11 is 0. The SMILES string of the molecule is CCCn1c(=O)c2c(nc(C=Cc3ccc(OC)c4ccccc34)n2C)n(CCC)c1=O. The molecule has 0 saturated carbocycles. The number of methoxy groups -OCH3 is 1. The Morgan fingerprint density at radius 2 is 1.62 bits per heavy atom. The zero-order valence-electron chi connectivity index (χ0n) is 19.0. The quantitative estimate of drug-likeness (QED) is 0.442. The van der Waals surface area contributed by atoms with Gasteiger partial charge in [0.15, 0.2) is 11.2 Å². The molecule has 2 aromatic heterocycles. The van der Waals surface area contributed by atoms with Crippen LogP contribution in [0.5, 0.6) is 5.75 Å². The van der Waals surface area contributed by atoms with Crippen molar-refractivity contribution < 1.29 is 4.74 Å². The molecular formula is C25H28N4O3. The van der Waals surface area contributed by atoms with E-state index in [0.29, 0.717) is 36.5 Å². The number of aryl methyl sites for hydroxylation is 2. The molecule has 0 unspecified atom stereocenters. The van der Waals surface area contributed by atoms with Gasteiger partial charge in [0.1, 0.15) is 11.6 Å². The molecule has 4 aromatic rings. The third kappa shape index (κ3) is 3.53. The van der Waals surface area contributed by atoms with E-state index in [1.807, 2.05) is 63.4 Å². The number of hydrogen-bond donors (Lipinski definition) is 0. The summed E-state index contributed by atoms with van der Waals surface area (Å²) in [6, 6.07) is 12.0. The highest BCUT2D eigenvalue weighted by Gasteiger charge is 2.18. The lowest BCUT2D eigenvalue weighted by atomic mass is 10.0. The van der Waals surface area contributed by atoms with Crippen LogP contribution in [0, 0.1) is 0 Å². The molecule has 7 nitrogen and oxygen atoms in total. The number of rotatable bonds is 7. The first-order chi connectivity index (χ1) is 15.5. The third-order valence-corrected chi connectivity index (χ3v) is 5.72. The first-order valence-corrected chi connectivity index (χ1v) is 11.0. The fourth-order valence-corrected chi connectivity index (χ4v) is 4.16. The Bertz CT molecular complexity index is 1440. The van der Waals surface area contributed by atoms with E-state index in [2.05, 4.69) is 11.1 Å². The van der Waals surface area contributed by atoms with Gasteiger partial charge >= 0.3 is 5.69 Å². The van der Waals surface area contributed by atoms with Crippen LogP contribution in [0.3, 0.4) is 0 Å². The fraction of sp³-hybridized carbons (Fsp3) is 0.320. The monoisotopic (exact) mass is 432 g/mol. The predicted octanol–water partition coefficient (Wildman–Crippen LogP) is 4.05. The number of ether oxygens (including phenoxy) is 1. The lowest BCUT2D eigenvalue weighted by molar-refractivity contribution is 0.420. The molecule has 7 heteroatoms. The molecule has 0 fully saturated rings. The van der Waals surface area contributed by atoms with Gasteiger partial charge in [-0.25, -0.2) is 9.78 Å². The van der Waals surface area contributed by atoms with E-state index in [4.69, 9.17) is 4.74 Å². The summed E-state index contributed by atoms with van der Waals surface area (Å²) in [4.78, 5) is 30.7. The van der Waals surface area contributed by atoms with Crippen LogP contribution < -0.4 is 16.0 Å². The van der Waals surface area contributed by atoms with Gasteiger partial charge in [-0.15, -0.1) is 0 Å². The molecule has 32 heavy (non-hydrogen) atoms. The Hall–Kier alpha value is -3.61. The van der Waals surface area contributed by atoms with Crippen molar-refractivity contribution in [2.24, 2.45) is 7.05 Å². The average molecular weight is 433 g/mol. The van der Waals surface area contributed by atoms with Crippen LogP contribution in [0.25, 0.3) is 34.1 Å². The van der Waals surface area contributed by atoms with Crippen molar-refractivity contribution in [3.05, 3.63) is 68.6 Å². The minimum absolute atomic E-state index is 0.288. The number of imidazole rings is 1. The minimum Gasteiger partial charge on any atom is -0.496 e. The molecule has 166 valence electrons. The molecule has 0 spiro atoms. The summed E-state index contributed by atoms with van der Waals surface area (Å²) in [5, 5.41) is 2.09. The third-order valence-electron chi connectivity index (χ3n) is 5.72. The summed E-state index contributed by atoms with van der Waals surface area (Å²) in [6.45, 7) is 4.87. The highest BCUT2D eigenvalue weighted by Crippen LogP contribution is 2.29. The number of hydrogen-bond acceptors (Lipinski definition) is 4. The van der Waals surface area contributed by atoms with Crippen LogP contribution in [0.1, 0.15) is 38.1 Å². The molecule has 2 heterocycles. The number of benzene rings is 2. The zero-order chi connectivity index (χ0) is 22.8. The Morgan fingerprint density at radius 3 is 2.31 bits per heavy atom. The van der Waals surface area contributed by atoms with Crippen molar-refractivity contribution in [3.63, 3.8) is 0 Å². The smallest absolute Gasteiger partial charge is 0.332 e. The summed E-state index contributed by atoms with van der Waals surface area (Å²) < 4.78 is 10.2. The van der Waals surface area contributed by atoms with Crippen molar-refractivity contribution in [3.8, 4) is 5.75 Å². The number of nitrogens with zero attached hydrogens (tertiary/aromatic N) is 4. The van der Waals surface area contributed by atoms with Gasteiger partial charge in [0.05, 0.1) is 7.11 Å². The van der Waals surface area contributed by atoms with Crippen molar-refractivity contribution in [2.75, 3.05) is 7.11 Å². The molecule has 0 bridgehead atoms. The normalized spacial score (nSPS) is 11.8. The molecule has 2 aromatic carbocycles. The number of aromatic nitrogens is 4.